The van der Waals surface area contributed by atoms with E-state index in [1.165, 1.54) is 0 Å². The Morgan fingerprint density at radius 1 is 0.667 bits per heavy atom. The SMILES string of the molecule is C.O.O.O=O.OO.OO. The summed E-state index contributed by atoms with van der Waals surface area (Å²) in [5, 5.41) is 24.0. The Morgan fingerprint density at radius 3 is 0.667 bits per heavy atom. The fraction of sp³-hybridized carbons (Fsp3) is 1.00. The molecule has 8 nitrogen and oxygen atoms in total. The van der Waals surface area contributed by atoms with Gasteiger partial charge in [-0.3, -0.25) is 21.0 Å². The number of rotatable bonds is 0. The van der Waals surface area contributed by atoms with E-state index in [0.29, 0.717) is 0 Å². The topological polar surface area (TPSA) is 178 Å². The lowest BCUT2D eigenvalue weighted by Crippen LogP contribution is -1.29. The van der Waals surface area contributed by atoms with Crippen LogP contribution in [0.3, 0.4) is 0 Å². The highest BCUT2D eigenvalue weighted by Gasteiger charge is 0.748. The van der Waals surface area contributed by atoms with Gasteiger partial charge in [-0.05, 0) is 0 Å². The Hall–Kier alpha value is -0.640. The van der Waals surface area contributed by atoms with E-state index in [1.807, 2.05) is 0 Å². The zero-order chi connectivity index (χ0) is 6.00. The van der Waals surface area contributed by atoms with Crippen molar-refractivity contribution in [1.82, 2.24) is 0 Å². The van der Waals surface area contributed by atoms with Crippen molar-refractivity contribution in [2.45, 2.75) is 7.43 Å². The monoisotopic (exact) mass is 152 g/mol. The molecule has 0 heterocycles. The molecular formula is CH12O8. The summed E-state index contributed by atoms with van der Waals surface area (Å²) in [7, 11) is 0. The molecule has 0 aromatic rings. The third-order valence-corrected chi connectivity index (χ3v) is 0. The van der Waals surface area contributed by atoms with Gasteiger partial charge in [0.1, 0.15) is 0 Å². The van der Waals surface area contributed by atoms with Crippen molar-refractivity contribution >= 4 is 0 Å². The molecule has 0 aliphatic heterocycles. The van der Waals surface area contributed by atoms with E-state index >= 15 is 0 Å². The van der Waals surface area contributed by atoms with Gasteiger partial charge in [0.2, 0.25) is 0 Å². The van der Waals surface area contributed by atoms with Crippen LogP contribution in [0.4, 0.5) is 0 Å². The summed E-state index contributed by atoms with van der Waals surface area (Å²) in [6.45, 7) is 0. The first-order chi connectivity index (χ1) is 3.00. The van der Waals surface area contributed by atoms with Crippen LogP contribution in [0.15, 0.2) is 0 Å². The zero-order valence-corrected chi connectivity index (χ0v) is 3.61. The number of hydrogen-bond donors (Lipinski definition) is 4. The van der Waals surface area contributed by atoms with Crippen molar-refractivity contribution in [2.75, 3.05) is 0 Å². The van der Waals surface area contributed by atoms with Gasteiger partial charge in [0.05, 0.1) is 0 Å². The highest BCUT2D eigenvalue weighted by molar-refractivity contribution is 4.07. The molecule has 0 atom stereocenters. The molecule has 8 heteroatoms. The van der Waals surface area contributed by atoms with Gasteiger partial charge >= 0.3 is 0 Å². The van der Waals surface area contributed by atoms with E-state index < -0.39 is 0 Å². The average molecular weight is 152 g/mol. The van der Waals surface area contributed by atoms with Gasteiger partial charge in [-0.25, -0.2) is 0 Å². The number of hydrogen-bond acceptors (Lipinski definition) is 6. The molecule has 0 saturated carbocycles. The molecule has 0 radical (unpaired) electrons. The predicted molar refractivity (Wildman–Crippen MR) is 31.2 cm³/mol. The van der Waals surface area contributed by atoms with Crippen LogP contribution in [0, 0.1) is 9.93 Å². The lowest BCUT2D eigenvalue weighted by molar-refractivity contribution is -0.176. The summed E-state index contributed by atoms with van der Waals surface area (Å²) in [6.07, 6.45) is 0. The Bertz CT molecular complexity index is 4.53. The average Bonchev–Trinajstić information content (AvgIpc) is 1.81. The Kier molecular flexibility index (Phi) is 6570. The van der Waals surface area contributed by atoms with Crippen molar-refractivity contribution < 1.29 is 32.0 Å². The largest absolute Gasteiger partial charge is 0.412 e. The molecule has 0 aliphatic rings. The third kappa shape index (κ3) is 516. The predicted octanol–water partition coefficient (Wildman–Crippen LogP) is -0.912. The quantitative estimate of drug-likeness (QED) is 0.257. The van der Waals surface area contributed by atoms with Gasteiger partial charge in [-0.1, -0.05) is 7.43 Å². The van der Waals surface area contributed by atoms with E-state index in [-0.39, 0.29) is 18.4 Å². The van der Waals surface area contributed by atoms with E-state index in [0.717, 1.165) is 0 Å². The summed E-state index contributed by atoms with van der Waals surface area (Å²) in [5.74, 6) is 0. The van der Waals surface area contributed by atoms with Crippen molar-refractivity contribution in [1.29, 1.82) is 0 Å². The minimum atomic E-state index is 0. The molecule has 0 aliphatic carbocycles. The highest BCUT2D eigenvalue weighted by atomic mass is 17.0. The summed E-state index contributed by atoms with van der Waals surface area (Å²) in [5.41, 5.74) is 0. The van der Waals surface area contributed by atoms with Crippen molar-refractivity contribution in [3.8, 4) is 0 Å². The molecule has 0 aromatic carbocycles. The van der Waals surface area contributed by atoms with Gasteiger partial charge in [0.25, 0.3) is 0 Å². The van der Waals surface area contributed by atoms with Gasteiger partial charge in [0.15, 0.2) is 0 Å². The minimum absolute atomic E-state index is 0. The van der Waals surface area contributed by atoms with Crippen molar-refractivity contribution in [3.63, 3.8) is 0 Å². The maximum absolute atomic E-state index is 7.00. The van der Waals surface area contributed by atoms with Gasteiger partial charge < -0.3 is 11.0 Å². The van der Waals surface area contributed by atoms with Gasteiger partial charge in [0, 0.05) is 9.93 Å². The summed E-state index contributed by atoms with van der Waals surface area (Å²) < 4.78 is 0. The first-order valence-corrected chi connectivity index (χ1v) is 0.567. The lowest BCUT2D eigenvalue weighted by atomic mass is 12.0. The second-order valence-corrected chi connectivity index (χ2v) is 0. The van der Waals surface area contributed by atoms with Crippen LogP contribution in [0.25, 0.3) is 0 Å². The molecule has 9 heavy (non-hydrogen) atoms. The van der Waals surface area contributed by atoms with Crippen LogP contribution in [-0.2, 0) is 0 Å². The first-order valence-electron chi connectivity index (χ1n) is 0.567. The van der Waals surface area contributed by atoms with Crippen LogP contribution < -0.4 is 0 Å². The highest BCUT2D eigenvalue weighted by Crippen LogP contribution is 0.741. The van der Waals surface area contributed by atoms with Gasteiger partial charge in [-0.2, -0.15) is 0 Å². The van der Waals surface area contributed by atoms with Crippen LogP contribution in [0.2, 0.25) is 0 Å². The Labute approximate surface area is 50.7 Å². The maximum atomic E-state index is 7.00. The van der Waals surface area contributed by atoms with Crippen LogP contribution in [0.5, 0.6) is 0 Å². The van der Waals surface area contributed by atoms with Gasteiger partial charge in [-0.15, -0.1) is 0 Å². The lowest BCUT2D eigenvalue weighted by Gasteiger charge is -1.25. The van der Waals surface area contributed by atoms with E-state index in [9.17, 15) is 0 Å². The fourth-order valence-electron chi connectivity index (χ4n) is 0. The summed E-state index contributed by atoms with van der Waals surface area (Å²) in [4.78, 5) is 14.0. The molecule has 0 rings (SSSR count). The minimum Gasteiger partial charge on any atom is -0.412 e. The molecule has 0 spiro atoms. The van der Waals surface area contributed by atoms with Crippen LogP contribution in [-0.4, -0.2) is 32.0 Å². The van der Waals surface area contributed by atoms with Crippen LogP contribution in [0.1, 0.15) is 7.43 Å². The van der Waals surface area contributed by atoms with Crippen LogP contribution >= 0.6 is 0 Å². The Balaban J connectivity index is -0.00000000321. The summed E-state index contributed by atoms with van der Waals surface area (Å²) in [6, 6.07) is 0. The molecule has 0 amide bonds. The molecule has 0 bridgehead atoms. The van der Waals surface area contributed by atoms with E-state index in [1.54, 1.807) is 0 Å². The molecule has 8 N–H and O–H groups in total. The Morgan fingerprint density at radius 2 is 0.667 bits per heavy atom. The fourth-order valence-corrected chi connectivity index (χ4v) is 0. The second-order valence-electron chi connectivity index (χ2n) is 0. The maximum Gasteiger partial charge on any atom is 0 e. The second kappa shape index (κ2) is 727. The third-order valence-electron chi connectivity index (χ3n) is 0. The van der Waals surface area contributed by atoms with Crippen molar-refractivity contribution in [3.05, 3.63) is 9.93 Å². The van der Waals surface area contributed by atoms with E-state index in [4.69, 9.17) is 31.0 Å². The molecular weight excluding hydrogens is 140 g/mol. The molecule has 0 saturated heterocycles. The molecule has 64 valence electrons. The van der Waals surface area contributed by atoms with E-state index in [2.05, 4.69) is 0 Å². The normalized spacial score (nSPS) is 1.78. The van der Waals surface area contributed by atoms with Crippen molar-refractivity contribution in [2.24, 2.45) is 0 Å². The molecule has 0 fully saturated rings. The standard InChI is InChI=1S/CH4.2H2O2.O2.2H2O/c;3*1-2;;/h1H4;2*1-2H;;2*1H2. The zero-order valence-electron chi connectivity index (χ0n) is 3.61. The smallest absolute Gasteiger partial charge is 0 e. The molecule has 0 aromatic heterocycles. The summed E-state index contributed by atoms with van der Waals surface area (Å²) >= 11 is 0. The molecule has 0 unspecified atom stereocenters. The first kappa shape index (κ1) is 81.3.